The summed E-state index contributed by atoms with van der Waals surface area (Å²) in [6.45, 7) is 0. The number of allylic oxidation sites excluding steroid dienone is 1. The van der Waals surface area contributed by atoms with Crippen LogP contribution >= 0.6 is 11.6 Å². The van der Waals surface area contributed by atoms with Crippen LogP contribution in [0.2, 0.25) is 5.15 Å². The summed E-state index contributed by atoms with van der Waals surface area (Å²) in [6, 6.07) is 5.86. The molecule has 1 aliphatic rings. The summed E-state index contributed by atoms with van der Waals surface area (Å²) in [5, 5.41) is 21.5. The van der Waals surface area contributed by atoms with Crippen molar-refractivity contribution in [2.24, 2.45) is 0 Å². The summed E-state index contributed by atoms with van der Waals surface area (Å²) < 4.78 is 0. The van der Waals surface area contributed by atoms with Crippen LogP contribution < -0.4 is 5.32 Å². The van der Waals surface area contributed by atoms with E-state index in [0.29, 0.717) is 16.8 Å². The van der Waals surface area contributed by atoms with E-state index in [1.54, 1.807) is 19.3 Å². The summed E-state index contributed by atoms with van der Waals surface area (Å²) in [5.41, 5.74) is 2.29. The van der Waals surface area contributed by atoms with Crippen LogP contribution in [0.4, 0.5) is 0 Å². The molecule has 0 aliphatic heterocycles. The number of fused-ring (bicyclic) bond motifs is 1. The molecule has 1 aliphatic carbocycles. The van der Waals surface area contributed by atoms with Crippen molar-refractivity contribution in [2.45, 2.75) is 18.8 Å². The number of nitrogens with zero attached hydrogens (tertiary/aromatic N) is 2. The van der Waals surface area contributed by atoms with E-state index in [4.69, 9.17) is 17.0 Å². The van der Waals surface area contributed by atoms with E-state index in [9.17, 15) is 0 Å². The molecule has 0 atom stereocenters. The SMILES string of the molecule is CN/C=C\C(=N)c1ccc2c(C3CC3)nnc(Cl)c2c1. The average Bonchev–Trinajstić information content (AvgIpc) is 3.29. The lowest BCUT2D eigenvalue weighted by molar-refractivity contribution is 0.932. The minimum absolute atomic E-state index is 0.400. The monoisotopic (exact) mass is 286 g/mol. The van der Waals surface area contributed by atoms with E-state index in [-0.39, 0.29) is 0 Å². The molecule has 20 heavy (non-hydrogen) atoms. The van der Waals surface area contributed by atoms with Gasteiger partial charge in [0.05, 0.1) is 11.4 Å². The first-order chi connectivity index (χ1) is 9.70. The Morgan fingerprint density at radius 1 is 1.35 bits per heavy atom. The van der Waals surface area contributed by atoms with E-state index >= 15 is 0 Å². The van der Waals surface area contributed by atoms with Gasteiger partial charge >= 0.3 is 0 Å². The number of aromatic nitrogens is 2. The van der Waals surface area contributed by atoms with E-state index in [2.05, 4.69) is 15.5 Å². The number of hydrogen-bond donors (Lipinski definition) is 2. The standard InChI is InChI=1S/C15H15ClN4/c1-18-7-6-13(17)10-4-5-11-12(8-10)15(16)20-19-14(11)9-2-3-9/h4-9,17-18H,2-3H2,1H3/b7-6-,17-13?. The van der Waals surface area contributed by atoms with Gasteiger partial charge in [-0.15, -0.1) is 5.10 Å². The molecule has 0 unspecified atom stereocenters. The van der Waals surface area contributed by atoms with Gasteiger partial charge in [-0.05, 0) is 31.2 Å². The summed E-state index contributed by atoms with van der Waals surface area (Å²) >= 11 is 6.16. The van der Waals surface area contributed by atoms with Crippen LogP contribution in [-0.2, 0) is 0 Å². The molecule has 4 nitrogen and oxygen atoms in total. The van der Waals surface area contributed by atoms with Crippen molar-refractivity contribution in [3.8, 4) is 0 Å². The van der Waals surface area contributed by atoms with Crippen LogP contribution in [0.1, 0.15) is 30.0 Å². The number of benzene rings is 1. The molecule has 1 heterocycles. The minimum atomic E-state index is 0.400. The Kier molecular flexibility index (Phi) is 3.40. The first-order valence-electron chi connectivity index (χ1n) is 6.59. The molecule has 0 radical (unpaired) electrons. The molecule has 2 N–H and O–H groups in total. The lowest BCUT2D eigenvalue weighted by Gasteiger charge is -2.07. The van der Waals surface area contributed by atoms with Gasteiger partial charge in [0.2, 0.25) is 0 Å². The fourth-order valence-corrected chi connectivity index (χ4v) is 2.43. The summed E-state index contributed by atoms with van der Waals surface area (Å²) in [7, 11) is 1.80. The van der Waals surface area contributed by atoms with Crippen LogP contribution in [0.5, 0.6) is 0 Å². The van der Waals surface area contributed by atoms with Crippen LogP contribution in [0, 0.1) is 5.41 Å². The molecule has 0 bridgehead atoms. The highest BCUT2D eigenvalue weighted by molar-refractivity contribution is 6.34. The minimum Gasteiger partial charge on any atom is -0.394 e. The largest absolute Gasteiger partial charge is 0.394 e. The smallest absolute Gasteiger partial charge is 0.159 e. The molecule has 1 aromatic heterocycles. The van der Waals surface area contributed by atoms with Gasteiger partial charge in [-0.2, -0.15) is 5.10 Å². The lowest BCUT2D eigenvalue weighted by atomic mass is 10.0. The van der Waals surface area contributed by atoms with E-state index in [1.807, 2.05) is 18.2 Å². The van der Waals surface area contributed by atoms with Crippen molar-refractivity contribution in [3.63, 3.8) is 0 Å². The van der Waals surface area contributed by atoms with Crippen molar-refractivity contribution < 1.29 is 0 Å². The van der Waals surface area contributed by atoms with Gasteiger partial charge in [0.1, 0.15) is 0 Å². The highest BCUT2D eigenvalue weighted by Crippen LogP contribution is 2.42. The molecule has 5 heteroatoms. The second-order valence-corrected chi connectivity index (χ2v) is 5.30. The first kappa shape index (κ1) is 13.1. The van der Waals surface area contributed by atoms with Gasteiger partial charge in [0.25, 0.3) is 0 Å². The van der Waals surface area contributed by atoms with Crippen molar-refractivity contribution in [1.29, 1.82) is 5.41 Å². The van der Waals surface area contributed by atoms with Gasteiger partial charge < -0.3 is 10.7 Å². The molecule has 2 aromatic rings. The summed E-state index contributed by atoms with van der Waals surface area (Å²) in [6.07, 6.45) is 5.79. The zero-order valence-corrected chi connectivity index (χ0v) is 11.9. The molecular weight excluding hydrogens is 272 g/mol. The third-order valence-corrected chi connectivity index (χ3v) is 3.73. The maximum Gasteiger partial charge on any atom is 0.159 e. The van der Waals surface area contributed by atoms with Crippen LogP contribution in [0.15, 0.2) is 30.5 Å². The third kappa shape index (κ3) is 2.39. The topological polar surface area (TPSA) is 61.7 Å². The number of hydrogen-bond acceptors (Lipinski definition) is 4. The fraction of sp³-hybridized carbons (Fsp3) is 0.267. The Hall–Kier alpha value is -1.94. The number of rotatable bonds is 4. The Balaban J connectivity index is 2.08. The Bertz CT molecular complexity index is 704. The quantitative estimate of drug-likeness (QED) is 0.848. The van der Waals surface area contributed by atoms with Gasteiger partial charge in [-0.3, -0.25) is 0 Å². The average molecular weight is 287 g/mol. The van der Waals surface area contributed by atoms with E-state index < -0.39 is 0 Å². The predicted molar refractivity (Wildman–Crippen MR) is 81.6 cm³/mol. The second-order valence-electron chi connectivity index (χ2n) is 4.95. The fourth-order valence-electron chi connectivity index (χ4n) is 2.23. The maximum absolute atomic E-state index is 8.02. The van der Waals surface area contributed by atoms with E-state index in [1.165, 1.54) is 12.8 Å². The highest BCUT2D eigenvalue weighted by atomic mass is 35.5. The Morgan fingerprint density at radius 3 is 2.85 bits per heavy atom. The van der Waals surface area contributed by atoms with Crippen LogP contribution in [0.25, 0.3) is 10.8 Å². The van der Waals surface area contributed by atoms with Gasteiger partial charge in [0.15, 0.2) is 5.15 Å². The lowest BCUT2D eigenvalue weighted by Crippen LogP contribution is -2.00. The summed E-state index contributed by atoms with van der Waals surface area (Å²) in [4.78, 5) is 0. The highest BCUT2D eigenvalue weighted by Gasteiger charge is 2.28. The van der Waals surface area contributed by atoms with E-state index in [0.717, 1.165) is 22.0 Å². The zero-order valence-electron chi connectivity index (χ0n) is 11.2. The van der Waals surface area contributed by atoms with Gasteiger partial charge in [0, 0.05) is 29.3 Å². The molecule has 0 amide bonds. The number of halogens is 1. The molecule has 102 valence electrons. The third-order valence-electron chi connectivity index (χ3n) is 3.46. The molecule has 0 spiro atoms. The van der Waals surface area contributed by atoms with Gasteiger partial charge in [-0.25, -0.2) is 0 Å². The molecule has 1 fully saturated rings. The van der Waals surface area contributed by atoms with Crippen molar-refractivity contribution in [1.82, 2.24) is 15.5 Å². The van der Waals surface area contributed by atoms with Crippen LogP contribution in [0.3, 0.4) is 0 Å². The molecule has 1 saturated carbocycles. The molecular formula is C15H15ClN4. The normalized spacial score (nSPS) is 14.9. The molecule has 0 saturated heterocycles. The van der Waals surface area contributed by atoms with Crippen LogP contribution in [-0.4, -0.2) is 23.0 Å². The zero-order chi connectivity index (χ0) is 14.1. The van der Waals surface area contributed by atoms with Crippen molar-refractivity contribution in [3.05, 3.63) is 46.9 Å². The van der Waals surface area contributed by atoms with Gasteiger partial charge in [-0.1, -0.05) is 23.7 Å². The molecule has 3 rings (SSSR count). The number of nitrogens with one attached hydrogen (secondary N) is 2. The predicted octanol–water partition coefficient (Wildman–Crippen LogP) is 3.26. The first-order valence-corrected chi connectivity index (χ1v) is 6.97. The molecule has 1 aromatic carbocycles. The Labute approximate surface area is 122 Å². The maximum atomic E-state index is 8.02. The van der Waals surface area contributed by atoms with Crippen molar-refractivity contribution in [2.75, 3.05) is 7.05 Å². The second kappa shape index (κ2) is 5.21. The Morgan fingerprint density at radius 2 is 2.15 bits per heavy atom. The van der Waals surface area contributed by atoms with Crippen molar-refractivity contribution >= 4 is 28.1 Å². The summed E-state index contributed by atoms with van der Waals surface area (Å²) in [5.74, 6) is 0.525.